The lowest BCUT2D eigenvalue weighted by atomic mass is 10.0. The molecule has 0 saturated carbocycles. The van der Waals surface area contributed by atoms with Crippen molar-refractivity contribution in [1.29, 1.82) is 0 Å². The van der Waals surface area contributed by atoms with Gasteiger partial charge in [0, 0.05) is 25.7 Å². The Bertz CT molecular complexity index is 376. The van der Waals surface area contributed by atoms with E-state index in [0.29, 0.717) is 0 Å². The molecule has 0 aliphatic carbocycles. The van der Waals surface area contributed by atoms with Crippen LogP contribution in [0, 0.1) is 0 Å². The maximum Gasteiger partial charge on any atom is 0.314 e. The van der Waals surface area contributed by atoms with Gasteiger partial charge in [0.1, 0.15) is 0 Å². The van der Waals surface area contributed by atoms with Gasteiger partial charge in [-0.15, -0.1) is 0 Å². The molecule has 0 bridgehead atoms. The summed E-state index contributed by atoms with van der Waals surface area (Å²) in [6.45, 7) is 5.70. The van der Waals surface area contributed by atoms with Crippen molar-refractivity contribution in [3.63, 3.8) is 0 Å². The van der Waals surface area contributed by atoms with Gasteiger partial charge in [-0.3, -0.25) is 4.90 Å². The van der Waals surface area contributed by atoms with E-state index in [0.717, 1.165) is 13.1 Å². The van der Waals surface area contributed by atoms with Gasteiger partial charge in [0.2, 0.25) is 0 Å². The van der Waals surface area contributed by atoms with Crippen molar-refractivity contribution in [1.82, 2.24) is 15.5 Å². The Balaban J connectivity index is 2.48. The summed E-state index contributed by atoms with van der Waals surface area (Å²) in [7, 11) is 3.68. The number of carbonyl (C=O) groups excluding carboxylic acids is 1. The quantitative estimate of drug-likeness (QED) is 0.836. The van der Waals surface area contributed by atoms with Gasteiger partial charge in [-0.1, -0.05) is 30.3 Å². The zero-order valence-electron chi connectivity index (χ0n) is 11.7. The lowest BCUT2D eigenvalue weighted by molar-refractivity contribution is 0.208. The second kappa shape index (κ2) is 6.40. The van der Waals surface area contributed by atoms with Crippen molar-refractivity contribution >= 4 is 6.03 Å². The molecule has 0 unspecified atom stereocenters. The molecule has 2 N–H and O–H groups in total. The molecule has 0 heterocycles. The first-order valence-electron chi connectivity index (χ1n) is 6.15. The third kappa shape index (κ3) is 5.19. The molecular weight excluding hydrogens is 226 g/mol. The summed E-state index contributed by atoms with van der Waals surface area (Å²) < 4.78 is 0. The van der Waals surface area contributed by atoms with Gasteiger partial charge in [0.15, 0.2) is 0 Å². The van der Waals surface area contributed by atoms with Gasteiger partial charge < -0.3 is 10.6 Å². The molecule has 18 heavy (non-hydrogen) atoms. The number of hydrogen-bond donors (Lipinski definition) is 2. The molecule has 0 aromatic heterocycles. The zero-order valence-corrected chi connectivity index (χ0v) is 11.7. The molecule has 0 saturated heterocycles. The fourth-order valence-electron chi connectivity index (χ4n) is 2.04. The van der Waals surface area contributed by atoms with E-state index in [1.165, 1.54) is 5.56 Å². The van der Waals surface area contributed by atoms with Crippen molar-refractivity contribution in [2.75, 3.05) is 20.6 Å². The molecule has 100 valence electrons. The van der Waals surface area contributed by atoms with Crippen LogP contribution in [0.4, 0.5) is 4.79 Å². The molecule has 0 fully saturated rings. The largest absolute Gasteiger partial charge is 0.341 e. The van der Waals surface area contributed by atoms with E-state index in [-0.39, 0.29) is 11.6 Å². The lowest BCUT2D eigenvalue weighted by Gasteiger charge is -2.31. The van der Waals surface area contributed by atoms with Crippen molar-refractivity contribution in [2.24, 2.45) is 0 Å². The zero-order chi connectivity index (χ0) is 13.6. The van der Waals surface area contributed by atoms with Gasteiger partial charge in [-0.25, -0.2) is 4.79 Å². The summed E-state index contributed by atoms with van der Waals surface area (Å²) in [4.78, 5) is 13.5. The molecule has 1 rings (SSSR count). The van der Waals surface area contributed by atoms with Crippen LogP contribution in [0.3, 0.4) is 0 Å². The second-order valence-electron chi connectivity index (χ2n) is 5.25. The van der Waals surface area contributed by atoms with E-state index in [1.54, 1.807) is 7.05 Å². The third-order valence-corrected chi connectivity index (χ3v) is 2.64. The summed E-state index contributed by atoms with van der Waals surface area (Å²) in [6, 6.07) is 10.2. The van der Waals surface area contributed by atoms with Crippen molar-refractivity contribution in [3.05, 3.63) is 35.9 Å². The van der Waals surface area contributed by atoms with E-state index in [2.05, 4.69) is 34.7 Å². The predicted molar refractivity (Wildman–Crippen MR) is 74.4 cm³/mol. The highest BCUT2D eigenvalue weighted by Crippen LogP contribution is 2.08. The van der Waals surface area contributed by atoms with Gasteiger partial charge in [0.25, 0.3) is 0 Å². The summed E-state index contributed by atoms with van der Waals surface area (Å²) >= 11 is 0. The van der Waals surface area contributed by atoms with Crippen LogP contribution in [-0.4, -0.2) is 37.1 Å². The van der Waals surface area contributed by atoms with E-state index >= 15 is 0 Å². The maximum absolute atomic E-state index is 11.3. The van der Waals surface area contributed by atoms with E-state index in [4.69, 9.17) is 0 Å². The molecule has 1 aromatic carbocycles. The number of amides is 2. The van der Waals surface area contributed by atoms with Crippen molar-refractivity contribution in [2.45, 2.75) is 25.9 Å². The van der Waals surface area contributed by atoms with Crippen LogP contribution in [0.1, 0.15) is 19.4 Å². The number of nitrogens with zero attached hydrogens (tertiary/aromatic N) is 1. The lowest BCUT2D eigenvalue weighted by Crippen LogP contribution is -2.53. The number of nitrogens with one attached hydrogen (secondary N) is 2. The molecule has 4 heteroatoms. The Morgan fingerprint density at radius 2 is 1.89 bits per heavy atom. The molecule has 1 aromatic rings. The summed E-state index contributed by atoms with van der Waals surface area (Å²) in [5.41, 5.74) is 1.01. The number of urea groups is 1. The minimum atomic E-state index is -0.260. The van der Waals surface area contributed by atoms with Crippen LogP contribution >= 0.6 is 0 Å². The van der Waals surface area contributed by atoms with Crippen molar-refractivity contribution in [3.8, 4) is 0 Å². The molecule has 0 aliphatic rings. The topological polar surface area (TPSA) is 44.4 Å². The minimum absolute atomic E-state index is 0.145. The number of rotatable bonds is 5. The van der Waals surface area contributed by atoms with Crippen LogP contribution in [0.25, 0.3) is 0 Å². The monoisotopic (exact) mass is 249 g/mol. The second-order valence-corrected chi connectivity index (χ2v) is 5.25. The van der Waals surface area contributed by atoms with Gasteiger partial charge in [-0.2, -0.15) is 0 Å². The van der Waals surface area contributed by atoms with Gasteiger partial charge >= 0.3 is 6.03 Å². The average Bonchev–Trinajstić information content (AvgIpc) is 2.28. The molecular formula is C14H23N3O. The fourth-order valence-corrected chi connectivity index (χ4v) is 2.04. The Labute approximate surface area is 109 Å². The van der Waals surface area contributed by atoms with Crippen LogP contribution in [0.5, 0.6) is 0 Å². The summed E-state index contributed by atoms with van der Waals surface area (Å²) in [6.07, 6.45) is 0. The highest BCUT2D eigenvalue weighted by Gasteiger charge is 2.21. The number of likely N-dealkylation sites (N-methyl/N-ethyl adjacent to an activating group) is 1. The highest BCUT2D eigenvalue weighted by atomic mass is 16.2. The Hall–Kier alpha value is -1.55. The number of carbonyl (C=O) groups is 1. The maximum atomic E-state index is 11.3. The van der Waals surface area contributed by atoms with Crippen LogP contribution < -0.4 is 10.6 Å². The number of benzene rings is 1. The van der Waals surface area contributed by atoms with Crippen molar-refractivity contribution < 1.29 is 4.79 Å². The van der Waals surface area contributed by atoms with Gasteiger partial charge in [-0.05, 0) is 26.5 Å². The first-order valence-corrected chi connectivity index (χ1v) is 6.15. The SMILES string of the molecule is CNC(=O)NC(C)(C)CN(C)Cc1ccccc1. The van der Waals surface area contributed by atoms with Crippen LogP contribution in [-0.2, 0) is 6.54 Å². The normalized spacial score (nSPS) is 11.4. The third-order valence-electron chi connectivity index (χ3n) is 2.64. The first-order chi connectivity index (χ1) is 8.43. The Kier molecular flexibility index (Phi) is 5.16. The smallest absolute Gasteiger partial charge is 0.314 e. The summed E-state index contributed by atoms with van der Waals surface area (Å²) in [5.74, 6) is 0. The molecule has 4 nitrogen and oxygen atoms in total. The molecule has 0 aliphatic heterocycles. The number of hydrogen-bond acceptors (Lipinski definition) is 2. The average molecular weight is 249 g/mol. The molecule has 0 spiro atoms. The van der Waals surface area contributed by atoms with E-state index in [1.807, 2.05) is 32.0 Å². The molecule has 0 radical (unpaired) electrons. The Morgan fingerprint density at radius 1 is 1.28 bits per heavy atom. The molecule has 2 amide bonds. The van der Waals surface area contributed by atoms with Gasteiger partial charge in [0.05, 0.1) is 0 Å². The fraction of sp³-hybridized carbons (Fsp3) is 0.500. The Morgan fingerprint density at radius 3 is 2.44 bits per heavy atom. The molecule has 0 atom stereocenters. The van der Waals surface area contributed by atoms with Crippen LogP contribution in [0.2, 0.25) is 0 Å². The highest BCUT2D eigenvalue weighted by molar-refractivity contribution is 5.74. The van der Waals surface area contributed by atoms with E-state index < -0.39 is 0 Å². The summed E-state index contributed by atoms with van der Waals surface area (Å²) in [5, 5.41) is 5.51. The van der Waals surface area contributed by atoms with Crippen LogP contribution in [0.15, 0.2) is 30.3 Å². The minimum Gasteiger partial charge on any atom is -0.341 e. The first kappa shape index (κ1) is 14.5. The van der Waals surface area contributed by atoms with E-state index in [9.17, 15) is 4.79 Å². The predicted octanol–water partition coefficient (Wildman–Crippen LogP) is 1.83. The standard InChI is InChI=1S/C14H23N3O/c1-14(2,16-13(18)15-3)11-17(4)10-12-8-6-5-7-9-12/h5-9H,10-11H2,1-4H3,(H2,15,16,18).